The van der Waals surface area contributed by atoms with Crippen molar-refractivity contribution in [3.8, 4) is 11.8 Å². The van der Waals surface area contributed by atoms with Gasteiger partial charge >= 0.3 is 6.01 Å². The van der Waals surface area contributed by atoms with Gasteiger partial charge in [0.15, 0.2) is 5.82 Å². The number of aryl methyl sites for hydroxylation is 2. The quantitative estimate of drug-likeness (QED) is 0.348. The Labute approximate surface area is 246 Å². The average Bonchev–Trinajstić information content (AvgIpc) is 3.35. The van der Waals surface area contributed by atoms with Crippen LogP contribution >= 0.6 is 15.9 Å². The molecule has 2 atom stereocenters. The van der Waals surface area contributed by atoms with E-state index < -0.39 is 6.10 Å². The molecule has 2 aromatic carbocycles. The summed E-state index contributed by atoms with van der Waals surface area (Å²) in [6.45, 7) is 5.88. The lowest BCUT2D eigenvalue weighted by Gasteiger charge is -2.34. The molecule has 2 aromatic heterocycles. The van der Waals surface area contributed by atoms with Crippen molar-refractivity contribution >= 4 is 27.7 Å². The fourth-order valence-electron chi connectivity index (χ4n) is 4.99. The van der Waals surface area contributed by atoms with Crippen LogP contribution in [-0.2, 0) is 20.0 Å². The van der Waals surface area contributed by atoms with E-state index in [-0.39, 0.29) is 47.5 Å². The number of carbonyl (C=O) groups excluding carboxylic acids is 2. The Bertz CT molecular complexity index is 1700. The van der Waals surface area contributed by atoms with Gasteiger partial charge in [0.05, 0.1) is 12.2 Å². The number of fused-ring (bicyclic) bond motifs is 1. The molecule has 5 rings (SSSR count). The van der Waals surface area contributed by atoms with Gasteiger partial charge < -0.3 is 15.0 Å². The molecule has 212 valence electrons. The minimum absolute atomic E-state index is 0.0353. The Balaban J connectivity index is 1.60. The molecule has 11 heteroatoms. The predicted molar refractivity (Wildman–Crippen MR) is 157 cm³/mol. The van der Waals surface area contributed by atoms with Crippen LogP contribution in [0.1, 0.15) is 63.2 Å². The van der Waals surface area contributed by atoms with Crippen LogP contribution in [0.15, 0.2) is 63.9 Å². The second-order valence-electron chi connectivity index (χ2n) is 10.2. The van der Waals surface area contributed by atoms with Gasteiger partial charge in [-0.05, 0) is 56.5 Å². The monoisotopic (exact) mass is 618 g/mol. The Hall–Kier alpha value is -4.25. The number of benzene rings is 2. The van der Waals surface area contributed by atoms with Gasteiger partial charge in [-0.2, -0.15) is 10.1 Å². The summed E-state index contributed by atoms with van der Waals surface area (Å²) >= 11 is 3.49. The van der Waals surface area contributed by atoms with Gasteiger partial charge in [0.25, 0.3) is 17.4 Å². The maximum absolute atomic E-state index is 14.1. The maximum Gasteiger partial charge on any atom is 0.306 e. The number of halogens is 1. The van der Waals surface area contributed by atoms with Crippen LogP contribution in [0, 0.1) is 6.92 Å². The molecule has 2 amide bonds. The summed E-state index contributed by atoms with van der Waals surface area (Å²) in [5, 5.41) is 7.03. The lowest BCUT2D eigenvalue weighted by atomic mass is 9.98. The molecule has 1 aliphatic heterocycles. The van der Waals surface area contributed by atoms with Gasteiger partial charge in [0.1, 0.15) is 11.8 Å². The Morgan fingerprint density at radius 1 is 1.15 bits per heavy atom. The van der Waals surface area contributed by atoms with Crippen molar-refractivity contribution in [2.75, 3.05) is 7.05 Å². The number of amides is 2. The molecule has 4 aromatic rings. The molecular formula is C30H31BrN6O4. The summed E-state index contributed by atoms with van der Waals surface area (Å²) in [5.41, 5.74) is 3.32. The minimum Gasteiger partial charge on any atom is -0.456 e. The van der Waals surface area contributed by atoms with E-state index >= 15 is 0 Å². The third-order valence-corrected chi connectivity index (χ3v) is 8.25. The van der Waals surface area contributed by atoms with Gasteiger partial charge in [-0.3, -0.25) is 19.1 Å². The van der Waals surface area contributed by atoms with Crippen molar-refractivity contribution < 1.29 is 14.3 Å². The van der Waals surface area contributed by atoms with Crippen LogP contribution in [0.25, 0.3) is 5.82 Å². The van der Waals surface area contributed by atoms with Crippen molar-refractivity contribution in [3.63, 3.8) is 0 Å². The standard InChI is InChI=1S/C30H31BrN6O4/c1-17-13-21(11-12-23(17)31)28(39)36-16-24-22(14-18(36)2)29(40)37(26-15-25(27(38)32-4)35(5)34-26)30(33-24)41-19(3)20-9-7-6-8-10-20/h6-13,15,18-19H,14,16H2,1-5H3,(H,32,38). The average molecular weight is 620 g/mol. The van der Waals surface area contributed by atoms with Crippen molar-refractivity contribution in [2.45, 2.75) is 45.9 Å². The van der Waals surface area contributed by atoms with Crippen LogP contribution in [0.3, 0.4) is 0 Å². The van der Waals surface area contributed by atoms with E-state index in [0.29, 0.717) is 23.2 Å². The summed E-state index contributed by atoms with van der Waals surface area (Å²) in [6.07, 6.45) is -0.132. The summed E-state index contributed by atoms with van der Waals surface area (Å²) in [7, 11) is 3.16. The van der Waals surface area contributed by atoms with Gasteiger partial charge in [0, 0.05) is 41.8 Å². The number of nitrogens with zero attached hydrogens (tertiary/aromatic N) is 5. The van der Waals surface area contributed by atoms with Crippen LogP contribution in [0.5, 0.6) is 6.01 Å². The molecule has 0 fully saturated rings. The second-order valence-corrected chi connectivity index (χ2v) is 11.0. The molecule has 0 aliphatic carbocycles. The highest BCUT2D eigenvalue weighted by molar-refractivity contribution is 9.10. The Morgan fingerprint density at radius 2 is 1.88 bits per heavy atom. The second kappa shape index (κ2) is 11.3. The van der Waals surface area contributed by atoms with E-state index in [0.717, 1.165) is 15.6 Å². The molecule has 0 bridgehead atoms. The number of hydrogen-bond acceptors (Lipinski definition) is 6. The van der Waals surface area contributed by atoms with Gasteiger partial charge in [0.2, 0.25) is 0 Å². The first kappa shape index (κ1) is 28.3. The highest BCUT2D eigenvalue weighted by Crippen LogP contribution is 2.28. The van der Waals surface area contributed by atoms with Crippen molar-refractivity contribution in [1.29, 1.82) is 0 Å². The first-order valence-corrected chi connectivity index (χ1v) is 14.1. The lowest BCUT2D eigenvalue weighted by Crippen LogP contribution is -2.46. The molecule has 0 saturated heterocycles. The van der Waals surface area contributed by atoms with E-state index in [2.05, 4.69) is 26.3 Å². The van der Waals surface area contributed by atoms with Crippen molar-refractivity contribution in [1.82, 2.24) is 29.5 Å². The molecule has 41 heavy (non-hydrogen) atoms. The highest BCUT2D eigenvalue weighted by Gasteiger charge is 2.33. The zero-order chi connectivity index (χ0) is 29.4. The normalized spacial score (nSPS) is 15.3. The lowest BCUT2D eigenvalue weighted by molar-refractivity contribution is 0.0650. The number of aromatic nitrogens is 4. The molecule has 2 unspecified atom stereocenters. The van der Waals surface area contributed by atoms with Crippen molar-refractivity contribution in [2.24, 2.45) is 7.05 Å². The van der Waals surface area contributed by atoms with Crippen LogP contribution in [0.4, 0.5) is 0 Å². The van der Waals surface area contributed by atoms with E-state index in [9.17, 15) is 14.4 Å². The number of hydrogen-bond donors (Lipinski definition) is 1. The first-order valence-electron chi connectivity index (χ1n) is 13.3. The topological polar surface area (TPSA) is 111 Å². The van der Waals surface area contributed by atoms with Gasteiger partial charge in [-0.25, -0.2) is 4.57 Å². The summed E-state index contributed by atoms with van der Waals surface area (Å²) in [6, 6.07) is 16.4. The summed E-state index contributed by atoms with van der Waals surface area (Å²) in [4.78, 5) is 46.6. The molecule has 1 aliphatic rings. The van der Waals surface area contributed by atoms with E-state index in [1.807, 2.05) is 63.2 Å². The third-order valence-electron chi connectivity index (χ3n) is 7.36. The SMILES string of the molecule is CNC(=O)c1cc(-n2c(OC(C)c3ccccc3)nc3c(c2=O)CC(C)N(C(=O)c2ccc(Br)c(C)c2)C3)nn1C. The minimum atomic E-state index is -0.444. The molecular weight excluding hydrogens is 588 g/mol. The number of ether oxygens (including phenoxy) is 1. The first-order chi connectivity index (χ1) is 19.6. The van der Waals surface area contributed by atoms with Gasteiger partial charge in [-0.15, -0.1) is 0 Å². The van der Waals surface area contributed by atoms with Crippen LogP contribution in [0.2, 0.25) is 0 Å². The molecule has 0 radical (unpaired) electrons. The maximum atomic E-state index is 14.1. The largest absolute Gasteiger partial charge is 0.456 e. The molecule has 1 N–H and O–H groups in total. The number of nitrogens with one attached hydrogen (secondary N) is 1. The summed E-state index contributed by atoms with van der Waals surface area (Å²) in [5.74, 6) is -0.251. The summed E-state index contributed by atoms with van der Waals surface area (Å²) < 4.78 is 9.95. The zero-order valence-electron chi connectivity index (χ0n) is 23.5. The van der Waals surface area contributed by atoms with Crippen molar-refractivity contribution in [3.05, 3.63) is 103 Å². The third kappa shape index (κ3) is 5.41. The fourth-order valence-corrected chi connectivity index (χ4v) is 5.23. The zero-order valence-corrected chi connectivity index (χ0v) is 25.1. The Morgan fingerprint density at radius 3 is 2.56 bits per heavy atom. The molecule has 0 spiro atoms. The Kier molecular flexibility index (Phi) is 7.81. The smallest absolute Gasteiger partial charge is 0.306 e. The van der Waals surface area contributed by atoms with E-state index in [1.165, 1.54) is 22.4 Å². The molecule has 10 nitrogen and oxygen atoms in total. The highest BCUT2D eigenvalue weighted by atomic mass is 79.9. The fraction of sp³-hybridized carbons (Fsp3) is 0.300. The van der Waals surface area contributed by atoms with Crippen LogP contribution in [-0.4, -0.2) is 49.1 Å². The molecule has 0 saturated carbocycles. The number of rotatable bonds is 6. The van der Waals surface area contributed by atoms with Crippen LogP contribution < -0.4 is 15.6 Å². The molecule has 3 heterocycles. The number of carbonyl (C=O) groups is 2. The van der Waals surface area contributed by atoms with E-state index in [1.54, 1.807) is 18.0 Å². The predicted octanol–water partition coefficient (Wildman–Crippen LogP) is 4.12. The van der Waals surface area contributed by atoms with E-state index in [4.69, 9.17) is 9.72 Å². The van der Waals surface area contributed by atoms with Gasteiger partial charge in [-0.1, -0.05) is 46.3 Å².